The maximum atomic E-state index is 12.7. The van der Waals surface area contributed by atoms with Crippen LogP contribution >= 0.6 is 22.9 Å². The minimum atomic E-state index is -0.224. The number of carbonyl (C=O) groups excluding carboxylic acids is 1. The molecule has 24 heavy (non-hydrogen) atoms. The van der Waals surface area contributed by atoms with E-state index in [0.717, 1.165) is 18.5 Å². The van der Waals surface area contributed by atoms with Gasteiger partial charge in [-0.15, -0.1) is 0 Å². The molecule has 1 heterocycles. The van der Waals surface area contributed by atoms with Crippen molar-refractivity contribution >= 4 is 39.8 Å². The molecule has 1 aliphatic rings. The number of aromatic nitrogens is 1. The number of hydrogen-bond acceptors (Lipinski definition) is 4. The normalized spacial score (nSPS) is 14.3. The van der Waals surface area contributed by atoms with E-state index in [2.05, 4.69) is 16.4 Å². The van der Waals surface area contributed by atoms with Crippen molar-refractivity contribution in [3.05, 3.63) is 40.4 Å². The topological polar surface area (TPSA) is 69.0 Å². The summed E-state index contributed by atoms with van der Waals surface area (Å²) < 4.78 is 0.533. The van der Waals surface area contributed by atoms with Crippen LogP contribution in [0.25, 0.3) is 0 Å². The Balaban J connectivity index is 1.79. The average Bonchev–Trinajstić information content (AvgIpc) is 3.24. The molecule has 0 bridgehead atoms. The highest BCUT2D eigenvalue weighted by atomic mass is 35.5. The number of nitriles is 1. The van der Waals surface area contributed by atoms with Gasteiger partial charge in [-0.2, -0.15) is 5.26 Å². The van der Waals surface area contributed by atoms with Gasteiger partial charge in [-0.25, -0.2) is 9.78 Å². The number of urea groups is 1. The molecule has 0 unspecified atom stereocenters. The van der Waals surface area contributed by atoms with Gasteiger partial charge in [-0.05, 0) is 43.0 Å². The van der Waals surface area contributed by atoms with Gasteiger partial charge >= 0.3 is 6.03 Å². The Morgan fingerprint density at radius 3 is 2.67 bits per heavy atom. The number of anilines is 2. The quantitative estimate of drug-likeness (QED) is 0.843. The number of benzene rings is 1. The molecular formula is C17H17ClN4OS. The van der Waals surface area contributed by atoms with Gasteiger partial charge < -0.3 is 0 Å². The van der Waals surface area contributed by atoms with Crippen LogP contribution in [0.2, 0.25) is 4.34 Å². The molecule has 124 valence electrons. The van der Waals surface area contributed by atoms with Crippen molar-refractivity contribution in [3.63, 3.8) is 0 Å². The lowest BCUT2D eigenvalue weighted by Gasteiger charge is -2.25. The van der Waals surface area contributed by atoms with Crippen LogP contribution in [0.4, 0.5) is 15.6 Å². The van der Waals surface area contributed by atoms with Crippen LogP contribution in [0, 0.1) is 17.2 Å². The summed E-state index contributed by atoms with van der Waals surface area (Å²) in [6, 6.07) is 8.94. The number of nitrogens with one attached hydrogen (secondary N) is 1. The van der Waals surface area contributed by atoms with Gasteiger partial charge in [0.05, 0.1) is 17.8 Å². The molecule has 0 atom stereocenters. The maximum absolute atomic E-state index is 12.7. The molecule has 1 aromatic carbocycles. The van der Waals surface area contributed by atoms with Gasteiger partial charge in [-0.1, -0.05) is 35.8 Å². The van der Waals surface area contributed by atoms with Crippen molar-refractivity contribution < 1.29 is 4.79 Å². The van der Waals surface area contributed by atoms with Gasteiger partial charge in [-0.3, -0.25) is 10.2 Å². The first-order valence-corrected chi connectivity index (χ1v) is 9.05. The molecule has 1 aliphatic carbocycles. The van der Waals surface area contributed by atoms with Gasteiger partial charge in [0.15, 0.2) is 5.13 Å². The summed E-state index contributed by atoms with van der Waals surface area (Å²) in [5, 5.41) is 12.2. The van der Waals surface area contributed by atoms with E-state index in [1.165, 1.54) is 30.4 Å². The smallest absolute Gasteiger partial charge is 0.294 e. The number of nitrogens with zero attached hydrogens (tertiary/aromatic N) is 3. The number of hydrogen-bond donors (Lipinski definition) is 1. The zero-order valence-corrected chi connectivity index (χ0v) is 14.6. The van der Waals surface area contributed by atoms with Crippen LogP contribution in [0.5, 0.6) is 0 Å². The molecule has 0 aliphatic heterocycles. The van der Waals surface area contributed by atoms with E-state index in [9.17, 15) is 4.79 Å². The third-order valence-electron chi connectivity index (χ3n) is 4.16. The second-order valence-electron chi connectivity index (χ2n) is 5.82. The van der Waals surface area contributed by atoms with Gasteiger partial charge in [0.25, 0.3) is 0 Å². The third-order valence-corrected chi connectivity index (χ3v) is 5.19. The molecule has 2 aromatic rings. The lowest BCUT2D eigenvalue weighted by Crippen LogP contribution is -2.38. The molecule has 1 saturated carbocycles. The highest BCUT2D eigenvalue weighted by molar-refractivity contribution is 7.19. The van der Waals surface area contributed by atoms with E-state index in [0.29, 0.717) is 27.5 Å². The first-order valence-electron chi connectivity index (χ1n) is 7.85. The van der Waals surface area contributed by atoms with Crippen LogP contribution in [-0.4, -0.2) is 17.6 Å². The van der Waals surface area contributed by atoms with Crippen LogP contribution in [0.1, 0.15) is 31.2 Å². The summed E-state index contributed by atoms with van der Waals surface area (Å²) >= 11 is 7.10. The summed E-state index contributed by atoms with van der Waals surface area (Å²) in [5.41, 5.74) is 1.35. The molecule has 1 fully saturated rings. The summed E-state index contributed by atoms with van der Waals surface area (Å²) in [5.74, 6) is 0.506. The number of rotatable bonds is 4. The zero-order chi connectivity index (χ0) is 16.9. The molecule has 5 nitrogen and oxygen atoms in total. The van der Waals surface area contributed by atoms with Crippen molar-refractivity contribution in [2.75, 3.05) is 16.8 Å². The Morgan fingerprint density at radius 2 is 2.08 bits per heavy atom. The number of amides is 2. The average molecular weight is 361 g/mol. The second-order valence-corrected chi connectivity index (χ2v) is 7.48. The highest BCUT2D eigenvalue weighted by Crippen LogP contribution is 2.29. The summed E-state index contributed by atoms with van der Waals surface area (Å²) in [6.45, 7) is 0.664. The Bertz CT molecular complexity index is 747. The van der Waals surface area contributed by atoms with Crippen LogP contribution in [0.3, 0.4) is 0 Å². The molecule has 0 saturated heterocycles. The minimum absolute atomic E-state index is 0.224. The first-order chi connectivity index (χ1) is 11.7. The third kappa shape index (κ3) is 4.05. The monoisotopic (exact) mass is 360 g/mol. The Hall–Kier alpha value is -2.10. The van der Waals surface area contributed by atoms with E-state index in [1.54, 1.807) is 17.0 Å². The molecule has 2 amide bonds. The lowest BCUT2D eigenvalue weighted by atomic mass is 10.1. The fourth-order valence-corrected chi connectivity index (χ4v) is 3.75. The van der Waals surface area contributed by atoms with Gasteiger partial charge in [0, 0.05) is 12.2 Å². The zero-order valence-electron chi connectivity index (χ0n) is 13.0. The van der Waals surface area contributed by atoms with E-state index in [1.807, 2.05) is 12.1 Å². The fraction of sp³-hybridized carbons (Fsp3) is 0.353. The molecular weight excluding hydrogens is 344 g/mol. The van der Waals surface area contributed by atoms with Crippen LogP contribution in [0.15, 0.2) is 30.5 Å². The summed E-state index contributed by atoms with van der Waals surface area (Å²) in [6.07, 6.45) is 6.24. The Morgan fingerprint density at radius 1 is 1.38 bits per heavy atom. The maximum Gasteiger partial charge on any atom is 0.328 e. The fourth-order valence-electron chi connectivity index (χ4n) is 2.94. The van der Waals surface area contributed by atoms with Crippen LogP contribution < -0.4 is 10.2 Å². The predicted octanol–water partition coefficient (Wildman–Crippen LogP) is 4.90. The standard InChI is InChI=1S/C17H17ClN4OS/c18-15-10-20-16(24-15)21-17(23)22(11-13-3-1-2-4-13)14-7-5-12(9-19)6-8-14/h5-8,10,13H,1-4,11H2,(H,20,21,23). The van der Waals surface area contributed by atoms with E-state index in [-0.39, 0.29) is 6.03 Å². The predicted molar refractivity (Wildman–Crippen MR) is 96.6 cm³/mol. The highest BCUT2D eigenvalue weighted by Gasteiger charge is 2.24. The minimum Gasteiger partial charge on any atom is -0.294 e. The van der Waals surface area contributed by atoms with Gasteiger partial charge in [0.1, 0.15) is 4.34 Å². The van der Waals surface area contributed by atoms with E-state index in [4.69, 9.17) is 16.9 Å². The van der Waals surface area contributed by atoms with E-state index < -0.39 is 0 Å². The number of halogens is 1. The number of carbonyl (C=O) groups is 1. The second kappa shape index (κ2) is 7.65. The SMILES string of the molecule is N#Cc1ccc(N(CC2CCCC2)C(=O)Nc2ncc(Cl)s2)cc1. The Kier molecular flexibility index (Phi) is 5.34. The lowest BCUT2D eigenvalue weighted by molar-refractivity contribution is 0.255. The molecule has 3 rings (SSSR count). The molecule has 1 N–H and O–H groups in total. The van der Waals surface area contributed by atoms with Crippen molar-refractivity contribution in [1.82, 2.24) is 4.98 Å². The van der Waals surface area contributed by atoms with Crippen LogP contribution in [-0.2, 0) is 0 Å². The summed E-state index contributed by atoms with van der Waals surface area (Å²) in [4.78, 5) is 18.5. The molecule has 7 heteroatoms. The Labute approximate surface area is 149 Å². The largest absolute Gasteiger partial charge is 0.328 e. The van der Waals surface area contributed by atoms with Gasteiger partial charge in [0.2, 0.25) is 0 Å². The molecule has 0 radical (unpaired) electrons. The first kappa shape index (κ1) is 16.7. The summed E-state index contributed by atoms with van der Waals surface area (Å²) in [7, 11) is 0. The van der Waals surface area contributed by atoms with Crippen molar-refractivity contribution in [1.29, 1.82) is 5.26 Å². The molecule has 0 spiro atoms. The van der Waals surface area contributed by atoms with Crippen molar-refractivity contribution in [2.24, 2.45) is 5.92 Å². The van der Waals surface area contributed by atoms with E-state index >= 15 is 0 Å². The molecule has 1 aromatic heterocycles. The number of thiazole rings is 1. The van der Waals surface area contributed by atoms with Crippen molar-refractivity contribution in [2.45, 2.75) is 25.7 Å². The van der Waals surface area contributed by atoms with Crippen molar-refractivity contribution in [3.8, 4) is 6.07 Å².